The average Bonchev–Trinajstić information content (AvgIpc) is 2.02. The van der Waals surface area contributed by atoms with Crippen LogP contribution in [0.3, 0.4) is 0 Å². The van der Waals surface area contributed by atoms with E-state index in [-0.39, 0.29) is 5.56 Å². The second-order valence-electron chi connectivity index (χ2n) is 2.74. The van der Waals surface area contributed by atoms with Crippen molar-refractivity contribution in [1.29, 1.82) is 0 Å². The molecule has 0 saturated heterocycles. The highest BCUT2D eigenvalue weighted by molar-refractivity contribution is 5.57. The number of halogens is 3. The molecule has 0 nitrogen and oxygen atoms in total. The summed E-state index contributed by atoms with van der Waals surface area (Å²) in [6.45, 7) is 5.00. The first-order valence-electron chi connectivity index (χ1n) is 3.76. The standard InChI is InChI=1S/C10H9F3/c1-3-8-7(2)5-4-6-9(8)10(11,12)13/h3-6H,1H2,2H3. The minimum atomic E-state index is -4.30. The zero-order chi connectivity index (χ0) is 10.1. The molecular weight excluding hydrogens is 177 g/mol. The summed E-state index contributed by atoms with van der Waals surface area (Å²) in [6.07, 6.45) is -3.06. The van der Waals surface area contributed by atoms with E-state index in [9.17, 15) is 13.2 Å². The van der Waals surface area contributed by atoms with Gasteiger partial charge in [0.05, 0.1) is 5.56 Å². The molecule has 0 aliphatic heterocycles. The SMILES string of the molecule is C=Cc1c(C)cccc1C(F)(F)F. The van der Waals surface area contributed by atoms with Crippen LogP contribution in [-0.2, 0) is 6.18 Å². The van der Waals surface area contributed by atoms with Crippen LogP contribution in [0.25, 0.3) is 6.08 Å². The first-order valence-corrected chi connectivity index (χ1v) is 3.76. The Kier molecular flexibility index (Phi) is 2.45. The van der Waals surface area contributed by atoms with Gasteiger partial charge in [-0.1, -0.05) is 24.8 Å². The Hall–Kier alpha value is -1.25. The van der Waals surface area contributed by atoms with E-state index >= 15 is 0 Å². The maximum absolute atomic E-state index is 12.4. The lowest BCUT2D eigenvalue weighted by molar-refractivity contribution is -0.137. The number of benzene rings is 1. The highest BCUT2D eigenvalue weighted by Crippen LogP contribution is 2.33. The molecular formula is C10H9F3. The summed E-state index contributed by atoms with van der Waals surface area (Å²) >= 11 is 0. The van der Waals surface area contributed by atoms with Crippen LogP contribution in [0, 0.1) is 6.92 Å². The third-order valence-electron chi connectivity index (χ3n) is 1.83. The Labute approximate surface area is 74.7 Å². The fourth-order valence-corrected chi connectivity index (χ4v) is 1.20. The summed E-state index contributed by atoms with van der Waals surface area (Å²) in [5.41, 5.74) is 0.127. The Morgan fingerprint density at radius 3 is 2.31 bits per heavy atom. The van der Waals surface area contributed by atoms with Crippen LogP contribution < -0.4 is 0 Å². The second kappa shape index (κ2) is 3.24. The van der Waals surface area contributed by atoms with Crippen molar-refractivity contribution in [2.45, 2.75) is 13.1 Å². The zero-order valence-electron chi connectivity index (χ0n) is 7.15. The highest BCUT2D eigenvalue weighted by atomic mass is 19.4. The molecule has 3 heteroatoms. The van der Waals surface area contributed by atoms with E-state index in [0.29, 0.717) is 5.56 Å². The van der Waals surface area contributed by atoms with E-state index in [1.165, 1.54) is 12.1 Å². The molecule has 13 heavy (non-hydrogen) atoms. The minimum absolute atomic E-state index is 0.162. The summed E-state index contributed by atoms with van der Waals surface area (Å²) in [6, 6.07) is 4.08. The Bertz CT molecular complexity index is 323. The molecule has 0 heterocycles. The number of alkyl halides is 3. The van der Waals surface area contributed by atoms with E-state index in [4.69, 9.17) is 0 Å². The molecule has 1 aromatic rings. The zero-order valence-corrected chi connectivity index (χ0v) is 7.15. The van der Waals surface area contributed by atoms with Crippen molar-refractivity contribution in [2.75, 3.05) is 0 Å². The number of hydrogen-bond donors (Lipinski definition) is 0. The van der Waals surface area contributed by atoms with Crippen molar-refractivity contribution in [2.24, 2.45) is 0 Å². The summed E-state index contributed by atoms with van der Waals surface area (Å²) < 4.78 is 37.1. The van der Waals surface area contributed by atoms with Gasteiger partial charge >= 0.3 is 6.18 Å². The summed E-state index contributed by atoms with van der Waals surface area (Å²) in [4.78, 5) is 0. The molecule has 0 fully saturated rings. The smallest absolute Gasteiger partial charge is 0.166 e. The van der Waals surface area contributed by atoms with Crippen molar-refractivity contribution in [3.63, 3.8) is 0 Å². The molecule has 70 valence electrons. The molecule has 0 saturated carbocycles. The monoisotopic (exact) mass is 186 g/mol. The first-order chi connectivity index (χ1) is 5.96. The minimum Gasteiger partial charge on any atom is -0.166 e. The molecule has 0 aliphatic rings. The average molecular weight is 186 g/mol. The lowest BCUT2D eigenvalue weighted by Crippen LogP contribution is -2.07. The second-order valence-corrected chi connectivity index (χ2v) is 2.74. The van der Waals surface area contributed by atoms with Crippen LogP contribution >= 0.6 is 0 Å². The van der Waals surface area contributed by atoms with Crippen molar-refractivity contribution >= 4 is 6.08 Å². The maximum atomic E-state index is 12.4. The fourth-order valence-electron chi connectivity index (χ4n) is 1.20. The molecule has 0 atom stereocenters. The van der Waals surface area contributed by atoms with Crippen molar-refractivity contribution in [3.8, 4) is 0 Å². The first kappa shape index (κ1) is 9.84. The van der Waals surface area contributed by atoms with Gasteiger partial charge < -0.3 is 0 Å². The molecule has 1 aromatic carbocycles. The van der Waals surface area contributed by atoms with E-state index in [0.717, 1.165) is 6.07 Å². The molecule has 0 spiro atoms. The molecule has 0 aliphatic carbocycles. The third kappa shape index (κ3) is 1.91. The van der Waals surface area contributed by atoms with Gasteiger partial charge in [-0.3, -0.25) is 0 Å². The topological polar surface area (TPSA) is 0 Å². The predicted molar refractivity (Wildman–Crippen MR) is 46.3 cm³/mol. The van der Waals surface area contributed by atoms with E-state index < -0.39 is 11.7 Å². The molecule has 0 unspecified atom stereocenters. The Balaban J connectivity index is 3.37. The Morgan fingerprint density at radius 1 is 1.31 bits per heavy atom. The van der Waals surface area contributed by atoms with Crippen LogP contribution in [0.2, 0.25) is 0 Å². The predicted octanol–water partition coefficient (Wildman–Crippen LogP) is 3.66. The molecule has 0 radical (unpaired) electrons. The van der Waals surface area contributed by atoms with Crippen LogP contribution in [0.4, 0.5) is 13.2 Å². The van der Waals surface area contributed by atoms with Crippen molar-refractivity contribution < 1.29 is 13.2 Å². The number of rotatable bonds is 1. The van der Waals surface area contributed by atoms with Gasteiger partial charge in [-0.2, -0.15) is 13.2 Å². The van der Waals surface area contributed by atoms with Gasteiger partial charge in [0.2, 0.25) is 0 Å². The molecule has 0 N–H and O–H groups in total. The summed E-state index contributed by atoms with van der Waals surface area (Å²) in [5.74, 6) is 0. The van der Waals surface area contributed by atoms with Crippen LogP contribution in [0.1, 0.15) is 16.7 Å². The largest absolute Gasteiger partial charge is 0.416 e. The van der Waals surface area contributed by atoms with Gasteiger partial charge in [0.15, 0.2) is 0 Å². The molecule has 0 aromatic heterocycles. The quantitative estimate of drug-likeness (QED) is 0.627. The van der Waals surface area contributed by atoms with Gasteiger partial charge in [0.1, 0.15) is 0 Å². The van der Waals surface area contributed by atoms with E-state index in [1.807, 2.05) is 0 Å². The van der Waals surface area contributed by atoms with Crippen LogP contribution in [0.15, 0.2) is 24.8 Å². The van der Waals surface area contributed by atoms with Gasteiger partial charge in [0, 0.05) is 0 Å². The van der Waals surface area contributed by atoms with Gasteiger partial charge in [-0.05, 0) is 24.1 Å². The van der Waals surface area contributed by atoms with Crippen LogP contribution in [-0.4, -0.2) is 0 Å². The maximum Gasteiger partial charge on any atom is 0.416 e. The summed E-state index contributed by atoms with van der Waals surface area (Å²) in [7, 11) is 0. The lowest BCUT2D eigenvalue weighted by atomic mass is 10.0. The summed E-state index contributed by atoms with van der Waals surface area (Å²) in [5, 5.41) is 0. The molecule has 0 bridgehead atoms. The van der Waals surface area contributed by atoms with Gasteiger partial charge in [-0.25, -0.2) is 0 Å². The van der Waals surface area contributed by atoms with E-state index in [2.05, 4.69) is 6.58 Å². The van der Waals surface area contributed by atoms with Gasteiger partial charge in [0.25, 0.3) is 0 Å². The van der Waals surface area contributed by atoms with Gasteiger partial charge in [-0.15, -0.1) is 0 Å². The lowest BCUT2D eigenvalue weighted by Gasteiger charge is -2.11. The molecule has 0 amide bonds. The third-order valence-corrected chi connectivity index (χ3v) is 1.83. The Morgan fingerprint density at radius 2 is 1.92 bits per heavy atom. The van der Waals surface area contributed by atoms with Crippen molar-refractivity contribution in [3.05, 3.63) is 41.5 Å². The number of hydrogen-bond acceptors (Lipinski definition) is 0. The highest BCUT2D eigenvalue weighted by Gasteiger charge is 2.32. The van der Waals surface area contributed by atoms with Crippen molar-refractivity contribution in [1.82, 2.24) is 0 Å². The fraction of sp³-hybridized carbons (Fsp3) is 0.200. The van der Waals surface area contributed by atoms with Crippen LogP contribution in [0.5, 0.6) is 0 Å². The van der Waals surface area contributed by atoms with E-state index in [1.54, 1.807) is 13.0 Å². The molecule has 1 rings (SSSR count). The normalized spacial score (nSPS) is 11.4. The number of aryl methyl sites for hydroxylation is 1.